The van der Waals surface area contributed by atoms with Gasteiger partial charge in [-0.25, -0.2) is 0 Å². The van der Waals surface area contributed by atoms with Crippen molar-refractivity contribution in [3.8, 4) is 29.8 Å². The lowest BCUT2D eigenvalue weighted by Crippen LogP contribution is -1.80. The van der Waals surface area contributed by atoms with Gasteiger partial charge in [-0.15, -0.1) is 0 Å². The molecule has 0 unspecified atom stereocenters. The van der Waals surface area contributed by atoms with Crippen LogP contribution >= 0.6 is 0 Å². The minimum atomic E-state index is 0.587. The van der Waals surface area contributed by atoms with E-state index in [4.69, 9.17) is 5.26 Å². The second-order valence-electron chi connectivity index (χ2n) is 4.40. The number of hydrogen-bond acceptors (Lipinski definition) is 1. The molecule has 0 saturated carbocycles. The first-order valence-electron chi connectivity index (χ1n) is 6.53. The van der Waals surface area contributed by atoms with Crippen molar-refractivity contribution in [2.24, 2.45) is 0 Å². The maximum atomic E-state index is 8.95. The van der Waals surface area contributed by atoms with Gasteiger partial charge in [0.15, 0.2) is 0 Å². The summed E-state index contributed by atoms with van der Waals surface area (Å²) in [5.41, 5.74) is 3.52. The van der Waals surface area contributed by atoms with Crippen molar-refractivity contribution in [1.82, 2.24) is 0 Å². The van der Waals surface area contributed by atoms with E-state index in [2.05, 4.69) is 29.8 Å². The zero-order chi connectivity index (χ0) is 14.9. The fourth-order valence-electron chi connectivity index (χ4n) is 1.65. The molecule has 0 aliphatic rings. The Kier molecular flexibility index (Phi) is 5.00. The summed E-state index contributed by atoms with van der Waals surface area (Å²) in [6.07, 6.45) is 3.40. The van der Waals surface area contributed by atoms with Gasteiger partial charge in [0.05, 0.1) is 5.56 Å². The van der Waals surface area contributed by atoms with Crippen LogP contribution in [0.2, 0.25) is 0 Å². The Hall–Kier alpha value is -3.21. The monoisotopic (exact) mass is 267 g/mol. The third-order valence-corrected chi connectivity index (χ3v) is 2.77. The van der Waals surface area contributed by atoms with Crippen molar-refractivity contribution in [3.63, 3.8) is 0 Å². The number of aryl methyl sites for hydroxylation is 1. The van der Waals surface area contributed by atoms with Crippen LogP contribution in [-0.2, 0) is 0 Å². The summed E-state index contributed by atoms with van der Waals surface area (Å²) in [5.74, 6) is 11.8. The van der Waals surface area contributed by atoms with Crippen LogP contribution < -0.4 is 0 Å². The van der Waals surface area contributed by atoms with Crippen LogP contribution in [0, 0.1) is 41.9 Å². The smallest absolute Gasteiger partial charge is 0.100 e. The van der Waals surface area contributed by atoms with E-state index >= 15 is 0 Å². The van der Waals surface area contributed by atoms with E-state index in [1.807, 2.05) is 49.4 Å². The van der Waals surface area contributed by atoms with Crippen molar-refractivity contribution in [2.45, 2.75) is 6.92 Å². The molecule has 0 aliphatic carbocycles. The average molecular weight is 267 g/mol. The zero-order valence-electron chi connectivity index (χ0n) is 11.7. The number of benzene rings is 2. The van der Waals surface area contributed by atoms with Gasteiger partial charge < -0.3 is 0 Å². The van der Waals surface area contributed by atoms with Gasteiger partial charge in [0.25, 0.3) is 0 Å². The normalized spacial score (nSPS) is 9.14. The number of rotatable bonds is 0. The number of nitriles is 1. The standard InChI is InChI=1S/C20H13N/c1-17-12-14-18(15-13-17)8-4-2-3-5-9-19-10-6-7-11-20(19)16-21/h2-3,6-7,10-15H,1H3. The van der Waals surface area contributed by atoms with Crippen molar-refractivity contribution in [3.05, 3.63) is 82.9 Å². The molecule has 0 aromatic heterocycles. The maximum absolute atomic E-state index is 8.95. The second-order valence-corrected chi connectivity index (χ2v) is 4.40. The van der Waals surface area contributed by atoms with Gasteiger partial charge in [-0.1, -0.05) is 53.5 Å². The number of hydrogen-bond donors (Lipinski definition) is 0. The Labute approximate surface area is 125 Å². The van der Waals surface area contributed by atoms with Gasteiger partial charge in [0.1, 0.15) is 6.07 Å². The van der Waals surface area contributed by atoms with Crippen LogP contribution in [-0.4, -0.2) is 0 Å². The largest absolute Gasteiger partial charge is 0.192 e. The van der Waals surface area contributed by atoms with Crippen LogP contribution in [0.5, 0.6) is 0 Å². The van der Waals surface area contributed by atoms with Gasteiger partial charge in [-0.05, 0) is 43.3 Å². The minimum absolute atomic E-state index is 0.587. The van der Waals surface area contributed by atoms with Crippen molar-refractivity contribution >= 4 is 0 Å². The molecule has 0 spiro atoms. The predicted octanol–water partition coefficient (Wildman–Crippen LogP) is 3.83. The average Bonchev–Trinajstić information content (AvgIpc) is 2.53. The Balaban J connectivity index is 2.03. The Bertz CT molecular complexity index is 810. The zero-order valence-corrected chi connectivity index (χ0v) is 11.7. The molecule has 0 atom stereocenters. The van der Waals surface area contributed by atoms with E-state index in [0.717, 1.165) is 11.1 Å². The highest BCUT2D eigenvalue weighted by molar-refractivity contribution is 5.49. The fourth-order valence-corrected chi connectivity index (χ4v) is 1.65. The number of nitrogens with zero attached hydrogens (tertiary/aromatic N) is 1. The second kappa shape index (κ2) is 7.40. The van der Waals surface area contributed by atoms with E-state index in [0.29, 0.717) is 5.56 Å². The van der Waals surface area contributed by atoms with Crippen LogP contribution in [0.25, 0.3) is 0 Å². The van der Waals surface area contributed by atoms with E-state index in [-0.39, 0.29) is 0 Å². The highest BCUT2D eigenvalue weighted by atomic mass is 14.2. The highest BCUT2D eigenvalue weighted by Crippen LogP contribution is 2.04. The van der Waals surface area contributed by atoms with E-state index in [1.54, 1.807) is 18.2 Å². The molecule has 0 N–H and O–H groups in total. The maximum Gasteiger partial charge on any atom is 0.100 e. The van der Waals surface area contributed by atoms with Crippen molar-refractivity contribution in [2.75, 3.05) is 0 Å². The fraction of sp³-hybridized carbons (Fsp3) is 0.0500. The van der Waals surface area contributed by atoms with E-state index in [1.165, 1.54) is 5.56 Å². The molecule has 2 aromatic carbocycles. The summed E-state index contributed by atoms with van der Waals surface area (Å²) in [6.45, 7) is 2.05. The third kappa shape index (κ3) is 4.43. The summed E-state index contributed by atoms with van der Waals surface area (Å²) in [4.78, 5) is 0. The first-order valence-corrected chi connectivity index (χ1v) is 6.53. The third-order valence-electron chi connectivity index (χ3n) is 2.77. The molecular formula is C20H13N. The number of allylic oxidation sites excluding steroid dienone is 2. The van der Waals surface area contributed by atoms with E-state index in [9.17, 15) is 0 Å². The molecule has 2 aromatic rings. The molecule has 1 nitrogen and oxygen atoms in total. The molecule has 0 bridgehead atoms. The Morgan fingerprint density at radius 1 is 0.810 bits per heavy atom. The van der Waals surface area contributed by atoms with Crippen molar-refractivity contribution in [1.29, 1.82) is 5.26 Å². The van der Waals surface area contributed by atoms with Gasteiger partial charge >= 0.3 is 0 Å². The molecule has 0 fully saturated rings. The van der Waals surface area contributed by atoms with Gasteiger partial charge in [-0.2, -0.15) is 5.26 Å². The molecule has 98 valence electrons. The van der Waals surface area contributed by atoms with Crippen LogP contribution in [0.1, 0.15) is 22.3 Å². The Morgan fingerprint density at radius 3 is 2.10 bits per heavy atom. The first kappa shape index (κ1) is 14.2. The molecule has 0 amide bonds. The lowest BCUT2D eigenvalue weighted by Gasteiger charge is -1.91. The van der Waals surface area contributed by atoms with Crippen LogP contribution in [0.15, 0.2) is 60.7 Å². The summed E-state index contributed by atoms with van der Waals surface area (Å²) >= 11 is 0. The summed E-state index contributed by atoms with van der Waals surface area (Å²) < 4.78 is 0. The van der Waals surface area contributed by atoms with Gasteiger partial charge in [0.2, 0.25) is 0 Å². The molecule has 1 heteroatoms. The van der Waals surface area contributed by atoms with Gasteiger partial charge in [-0.3, -0.25) is 0 Å². The van der Waals surface area contributed by atoms with Crippen LogP contribution in [0.4, 0.5) is 0 Å². The van der Waals surface area contributed by atoms with Crippen LogP contribution in [0.3, 0.4) is 0 Å². The molecule has 0 saturated heterocycles. The van der Waals surface area contributed by atoms with Crippen molar-refractivity contribution < 1.29 is 0 Å². The molecule has 2 rings (SSSR count). The molecule has 0 radical (unpaired) electrons. The van der Waals surface area contributed by atoms with E-state index < -0.39 is 0 Å². The highest BCUT2D eigenvalue weighted by Gasteiger charge is 1.94. The summed E-state index contributed by atoms with van der Waals surface area (Å²) in [7, 11) is 0. The molecular weight excluding hydrogens is 254 g/mol. The van der Waals surface area contributed by atoms with Gasteiger partial charge in [0, 0.05) is 11.1 Å². The molecule has 0 aliphatic heterocycles. The Morgan fingerprint density at radius 2 is 1.43 bits per heavy atom. The SMILES string of the molecule is Cc1ccc(C#CC=CC#Cc2ccccc2C#N)cc1. The minimum Gasteiger partial charge on any atom is -0.192 e. The quantitative estimate of drug-likeness (QED) is 0.666. The summed E-state index contributed by atoms with van der Waals surface area (Å²) in [6, 6.07) is 17.4. The lowest BCUT2D eigenvalue weighted by atomic mass is 10.1. The topological polar surface area (TPSA) is 23.8 Å². The summed E-state index contributed by atoms with van der Waals surface area (Å²) in [5, 5.41) is 8.95. The first-order chi connectivity index (χ1) is 10.3. The lowest BCUT2D eigenvalue weighted by molar-refractivity contribution is 1.46. The predicted molar refractivity (Wildman–Crippen MR) is 85.2 cm³/mol. The molecule has 0 heterocycles. The molecule has 21 heavy (non-hydrogen) atoms.